The van der Waals surface area contributed by atoms with Crippen LogP contribution >= 0.6 is 0 Å². The Kier molecular flexibility index (Phi) is 2.58. The third-order valence-corrected chi connectivity index (χ3v) is 1.70. The lowest BCUT2D eigenvalue weighted by Crippen LogP contribution is -1.95. The van der Waals surface area contributed by atoms with Crippen LogP contribution in [0.15, 0.2) is 19.0 Å². The summed E-state index contributed by atoms with van der Waals surface area (Å²) < 4.78 is 0. The second-order valence-electron chi connectivity index (χ2n) is 3.26. The van der Waals surface area contributed by atoms with E-state index in [4.69, 9.17) is 0 Å². The summed E-state index contributed by atoms with van der Waals surface area (Å²) in [5.41, 5.74) is 2.86. The van der Waals surface area contributed by atoms with E-state index in [1.54, 1.807) is 6.20 Å². The van der Waals surface area contributed by atoms with Crippen molar-refractivity contribution in [1.82, 2.24) is 9.97 Å². The first-order chi connectivity index (χ1) is 5.61. The monoisotopic (exact) mass is 162 g/mol. The molecule has 0 saturated heterocycles. The third kappa shape index (κ3) is 1.91. The summed E-state index contributed by atoms with van der Waals surface area (Å²) >= 11 is 0. The predicted octanol–water partition coefficient (Wildman–Crippen LogP) is 2.63. The van der Waals surface area contributed by atoms with Gasteiger partial charge in [-0.3, -0.25) is 9.97 Å². The summed E-state index contributed by atoms with van der Waals surface area (Å²) in [7, 11) is 0. The molecule has 0 radical (unpaired) electrons. The van der Waals surface area contributed by atoms with Gasteiger partial charge in [0, 0.05) is 6.20 Å². The summed E-state index contributed by atoms with van der Waals surface area (Å²) in [6.07, 6.45) is 3.59. The SMILES string of the molecule is C=C(C)c1cnc(C(C)C)cn1. The van der Waals surface area contributed by atoms with Crippen LogP contribution in [0.25, 0.3) is 5.57 Å². The van der Waals surface area contributed by atoms with Gasteiger partial charge in [-0.05, 0) is 18.4 Å². The molecule has 0 aliphatic heterocycles. The van der Waals surface area contributed by atoms with Crippen LogP contribution in [0.4, 0.5) is 0 Å². The largest absolute Gasteiger partial charge is 0.257 e. The van der Waals surface area contributed by atoms with Gasteiger partial charge in [0.05, 0.1) is 17.6 Å². The number of hydrogen-bond acceptors (Lipinski definition) is 2. The van der Waals surface area contributed by atoms with Gasteiger partial charge in [-0.25, -0.2) is 0 Å². The van der Waals surface area contributed by atoms with Crippen LogP contribution in [0.1, 0.15) is 38.1 Å². The van der Waals surface area contributed by atoms with Gasteiger partial charge in [0.1, 0.15) is 0 Å². The van der Waals surface area contributed by atoms with Crippen molar-refractivity contribution in [2.24, 2.45) is 0 Å². The van der Waals surface area contributed by atoms with E-state index in [0.717, 1.165) is 17.0 Å². The topological polar surface area (TPSA) is 25.8 Å². The van der Waals surface area contributed by atoms with Crippen molar-refractivity contribution in [3.05, 3.63) is 30.4 Å². The van der Waals surface area contributed by atoms with Crippen molar-refractivity contribution < 1.29 is 0 Å². The number of rotatable bonds is 2. The Bertz CT molecular complexity index is 272. The van der Waals surface area contributed by atoms with Crippen LogP contribution in [-0.4, -0.2) is 9.97 Å². The Morgan fingerprint density at radius 3 is 2.33 bits per heavy atom. The lowest BCUT2D eigenvalue weighted by Gasteiger charge is -2.03. The molecule has 12 heavy (non-hydrogen) atoms. The molecule has 1 rings (SSSR count). The highest BCUT2D eigenvalue weighted by atomic mass is 14.8. The van der Waals surface area contributed by atoms with Gasteiger partial charge < -0.3 is 0 Å². The Hall–Kier alpha value is -1.18. The average molecular weight is 162 g/mol. The van der Waals surface area contributed by atoms with Gasteiger partial charge in [0.25, 0.3) is 0 Å². The van der Waals surface area contributed by atoms with Crippen molar-refractivity contribution >= 4 is 5.57 Å². The van der Waals surface area contributed by atoms with Crippen LogP contribution < -0.4 is 0 Å². The normalized spacial score (nSPS) is 10.3. The molecule has 0 aliphatic rings. The van der Waals surface area contributed by atoms with Gasteiger partial charge in [0.2, 0.25) is 0 Å². The smallest absolute Gasteiger partial charge is 0.0836 e. The van der Waals surface area contributed by atoms with E-state index in [1.165, 1.54) is 0 Å². The summed E-state index contributed by atoms with van der Waals surface area (Å²) in [6, 6.07) is 0. The minimum Gasteiger partial charge on any atom is -0.257 e. The fourth-order valence-corrected chi connectivity index (χ4v) is 0.857. The minimum atomic E-state index is 0.441. The zero-order valence-corrected chi connectivity index (χ0v) is 7.83. The fourth-order valence-electron chi connectivity index (χ4n) is 0.857. The molecule has 64 valence electrons. The quantitative estimate of drug-likeness (QED) is 0.668. The lowest BCUT2D eigenvalue weighted by molar-refractivity contribution is 0.810. The Morgan fingerprint density at radius 1 is 1.33 bits per heavy atom. The number of nitrogens with zero attached hydrogens (tertiary/aromatic N) is 2. The van der Waals surface area contributed by atoms with Gasteiger partial charge >= 0.3 is 0 Å². The van der Waals surface area contributed by atoms with Crippen molar-refractivity contribution in [3.8, 4) is 0 Å². The van der Waals surface area contributed by atoms with Crippen molar-refractivity contribution in [2.75, 3.05) is 0 Å². The number of aromatic nitrogens is 2. The summed E-state index contributed by atoms with van der Waals surface area (Å²) in [6.45, 7) is 9.93. The fraction of sp³-hybridized carbons (Fsp3) is 0.400. The van der Waals surface area contributed by atoms with Gasteiger partial charge in [-0.2, -0.15) is 0 Å². The molecular formula is C10H14N2. The first-order valence-electron chi connectivity index (χ1n) is 4.09. The first kappa shape index (κ1) is 8.91. The van der Waals surface area contributed by atoms with Gasteiger partial charge in [-0.15, -0.1) is 0 Å². The highest BCUT2D eigenvalue weighted by Gasteiger charge is 2.01. The Morgan fingerprint density at radius 2 is 2.00 bits per heavy atom. The molecule has 0 atom stereocenters. The molecule has 0 unspecified atom stereocenters. The lowest BCUT2D eigenvalue weighted by atomic mass is 10.1. The molecule has 0 N–H and O–H groups in total. The molecular weight excluding hydrogens is 148 g/mol. The molecule has 0 aromatic carbocycles. The van der Waals surface area contributed by atoms with Crippen LogP contribution in [0.2, 0.25) is 0 Å². The minimum absolute atomic E-state index is 0.441. The summed E-state index contributed by atoms with van der Waals surface area (Å²) in [5, 5.41) is 0. The van der Waals surface area contributed by atoms with Crippen LogP contribution in [-0.2, 0) is 0 Å². The molecule has 0 aliphatic carbocycles. The molecule has 1 aromatic heterocycles. The molecule has 0 bridgehead atoms. The van der Waals surface area contributed by atoms with Crippen molar-refractivity contribution in [3.63, 3.8) is 0 Å². The van der Waals surface area contributed by atoms with E-state index in [0.29, 0.717) is 5.92 Å². The molecule has 0 saturated carbocycles. The first-order valence-corrected chi connectivity index (χ1v) is 4.09. The molecule has 0 fully saturated rings. The van der Waals surface area contributed by atoms with E-state index in [2.05, 4.69) is 30.4 Å². The molecule has 2 heteroatoms. The number of hydrogen-bond donors (Lipinski definition) is 0. The maximum atomic E-state index is 4.28. The zero-order chi connectivity index (χ0) is 9.14. The van der Waals surface area contributed by atoms with E-state index < -0.39 is 0 Å². The maximum absolute atomic E-state index is 4.28. The third-order valence-electron chi connectivity index (χ3n) is 1.70. The van der Waals surface area contributed by atoms with E-state index in [1.807, 2.05) is 13.1 Å². The second kappa shape index (κ2) is 3.48. The standard InChI is InChI=1S/C10H14N2/c1-7(2)9-5-12-10(6-11-9)8(3)4/h5-6,8H,1H2,2-4H3. The van der Waals surface area contributed by atoms with E-state index >= 15 is 0 Å². The Labute approximate surface area is 73.4 Å². The predicted molar refractivity (Wildman–Crippen MR) is 50.8 cm³/mol. The van der Waals surface area contributed by atoms with E-state index in [-0.39, 0.29) is 0 Å². The zero-order valence-electron chi connectivity index (χ0n) is 7.83. The van der Waals surface area contributed by atoms with Gasteiger partial charge in [-0.1, -0.05) is 20.4 Å². The van der Waals surface area contributed by atoms with Gasteiger partial charge in [0.15, 0.2) is 0 Å². The summed E-state index contributed by atoms with van der Waals surface area (Å²) in [5.74, 6) is 0.441. The maximum Gasteiger partial charge on any atom is 0.0836 e. The van der Waals surface area contributed by atoms with Crippen molar-refractivity contribution in [1.29, 1.82) is 0 Å². The molecule has 2 nitrogen and oxygen atoms in total. The van der Waals surface area contributed by atoms with Crippen LogP contribution in [0.5, 0.6) is 0 Å². The average Bonchev–Trinajstić information content (AvgIpc) is 2.04. The highest BCUT2D eigenvalue weighted by molar-refractivity contribution is 5.56. The van der Waals surface area contributed by atoms with Crippen LogP contribution in [0, 0.1) is 0 Å². The van der Waals surface area contributed by atoms with Crippen molar-refractivity contribution in [2.45, 2.75) is 26.7 Å². The number of allylic oxidation sites excluding steroid dienone is 1. The molecule has 1 heterocycles. The molecule has 1 aromatic rings. The Balaban J connectivity index is 2.93. The summed E-state index contributed by atoms with van der Waals surface area (Å²) in [4.78, 5) is 8.51. The van der Waals surface area contributed by atoms with E-state index in [9.17, 15) is 0 Å². The molecule has 0 spiro atoms. The highest BCUT2D eigenvalue weighted by Crippen LogP contribution is 2.11. The second-order valence-corrected chi connectivity index (χ2v) is 3.26. The van der Waals surface area contributed by atoms with Crippen LogP contribution in [0.3, 0.4) is 0 Å². The molecule has 0 amide bonds.